The number of thiophene rings is 1. The zero-order valence-corrected chi connectivity index (χ0v) is 27.6. The molecule has 0 N–H and O–H groups in total. The number of hydrogen-bond donors (Lipinski definition) is 0. The summed E-state index contributed by atoms with van der Waals surface area (Å²) < 4.78 is 44.3. The maximum Gasteiger partial charge on any atom is 0.253 e. The van der Waals surface area contributed by atoms with Crippen molar-refractivity contribution in [3.63, 3.8) is 0 Å². The van der Waals surface area contributed by atoms with E-state index in [2.05, 4.69) is 6.58 Å². The summed E-state index contributed by atoms with van der Waals surface area (Å²) in [6.07, 6.45) is 2.05. The van der Waals surface area contributed by atoms with E-state index in [9.17, 15) is 14.0 Å². The number of halogens is 2. The highest BCUT2D eigenvalue weighted by molar-refractivity contribution is 7.18. The van der Waals surface area contributed by atoms with E-state index in [0.29, 0.717) is 52.5 Å². The maximum atomic E-state index is 16.1. The van der Waals surface area contributed by atoms with Gasteiger partial charge in [-0.1, -0.05) is 18.7 Å². The number of methoxy groups -OCH3 is 1. The number of amides is 2. The number of pyridine rings is 1. The predicted octanol–water partition coefficient (Wildman–Crippen LogP) is 6.51. The average Bonchev–Trinajstić information content (AvgIpc) is 3.74. The van der Waals surface area contributed by atoms with E-state index in [4.69, 9.17) is 19.6 Å². The second-order valence-electron chi connectivity index (χ2n) is 11.9. The lowest BCUT2D eigenvalue weighted by atomic mass is 9.93. The van der Waals surface area contributed by atoms with Crippen LogP contribution in [-0.4, -0.2) is 76.8 Å². The van der Waals surface area contributed by atoms with Gasteiger partial charge in [0.25, 0.3) is 5.91 Å². The van der Waals surface area contributed by atoms with Crippen LogP contribution in [0.2, 0.25) is 0 Å². The van der Waals surface area contributed by atoms with Gasteiger partial charge < -0.3 is 19.3 Å². The molecule has 2 aliphatic rings. The number of hydrogen-bond acceptors (Lipinski definition) is 7. The fourth-order valence-corrected chi connectivity index (χ4v) is 7.52. The molecular weight excluding hydrogens is 636 g/mol. The summed E-state index contributed by atoms with van der Waals surface area (Å²) in [6, 6.07) is 11.3. The second-order valence-corrected chi connectivity index (χ2v) is 12.8. The third-order valence-corrected chi connectivity index (χ3v) is 9.99. The van der Waals surface area contributed by atoms with Crippen molar-refractivity contribution >= 4 is 33.2 Å². The molecule has 5 heterocycles. The Morgan fingerprint density at radius 1 is 1.08 bits per heavy atom. The Balaban J connectivity index is 1.49. The number of fused-ring (bicyclic) bond motifs is 3. The standard InChI is InChI=1S/C36H33F2N5O4S/c1-5-30(44)42-11-12-43-28(20(42)2)19-27(40-43)34-32(31-26(38)17-23(37)18-29(31)47-14-13-46-4)35-24(9-15-48-35)33(39-34)22-7-6-21-8-10-41(3)36(45)25(21)16-22/h5-7,9,15-20H,1,8,10-14H2,2-4H3. The molecule has 5 aromatic rings. The van der Waals surface area contributed by atoms with Gasteiger partial charge >= 0.3 is 0 Å². The highest BCUT2D eigenvalue weighted by Crippen LogP contribution is 2.47. The van der Waals surface area contributed by atoms with Crippen LogP contribution < -0.4 is 4.74 Å². The van der Waals surface area contributed by atoms with Crippen molar-refractivity contribution in [2.45, 2.75) is 25.9 Å². The van der Waals surface area contributed by atoms with Crippen molar-refractivity contribution in [2.24, 2.45) is 0 Å². The molecule has 0 saturated carbocycles. The molecule has 9 nitrogen and oxygen atoms in total. The van der Waals surface area contributed by atoms with Gasteiger partial charge in [-0.05, 0) is 48.6 Å². The maximum absolute atomic E-state index is 16.1. The second kappa shape index (κ2) is 12.6. The first-order valence-corrected chi connectivity index (χ1v) is 16.5. The third kappa shape index (κ3) is 5.34. The topological polar surface area (TPSA) is 89.8 Å². The van der Waals surface area contributed by atoms with Gasteiger partial charge in [0.05, 0.1) is 36.1 Å². The summed E-state index contributed by atoms with van der Waals surface area (Å²) in [5, 5.41) is 7.56. The molecule has 0 fully saturated rings. The molecule has 0 spiro atoms. The van der Waals surface area contributed by atoms with Gasteiger partial charge in [-0.3, -0.25) is 14.3 Å². The quantitative estimate of drug-likeness (QED) is 0.138. The summed E-state index contributed by atoms with van der Waals surface area (Å²) in [7, 11) is 3.30. The molecule has 246 valence electrons. The van der Waals surface area contributed by atoms with Gasteiger partial charge in [0.15, 0.2) is 0 Å². The Hall–Kier alpha value is -4.94. The van der Waals surface area contributed by atoms with Crippen LogP contribution in [0.5, 0.6) is 5.75 Å². The molecule has 1 unspecified atom stereocenters. The SMILES string of the molecule is C=CC(=O)N1CCn2nc(-c3nc(-c4ccc5c(c4)C(=O)N(C)CC5)c4ccsc4c3-c3c(F)cc(F)cc3OCCOC)cc2C1C. The third-order valence-electron chi connectivity index (χ3n) is 9.06. The zero-order valence-electron chi connectivity index (χ0n) is 26.8. The minimum absolute atomic E-state index is 0.0116. The minimum Gasteiger partial charge on any atom is -0.490 e. The molecule has 0 radical (unpaired) electrons. The van der Waals surface area contributed by atoms with Crippen LogP contribution in [0.4, 0.5) is 8.78 Å². The number of nitrogens with zero attached hydrogens (tertiary/aromatic N) is 5. The lowest BCUT2D eigenvalue weighted by Gasteiger charge is -2.33. The molecule has 2 amide bonds. The van der Waals surface area contributed by atoms with Gasteiger partial charge in [-0.25, -0.2) is 13.8 Å². The van der Waals surface area contributed by atoms with Crippen LogP contribution in [0.25, 0.3) is 43.9 Å². The average molecular weight is 670 g/mol. The lowest BCUT2D eigenvalue weighted by molar-refractivity contribution is -0.129. The van der Waals surface area contributed by atoms with E-state index >= 15 is 4.39 Å². The van der Waals surface area contributed by atoms with E-state index < -0.39 is 11.6 Å². The van der Waals surface area contributed by atoms with Crippen molar-refractivity contribution in [2.75, 3.05) is 40.5 Å². The molecule has 0 aliphatic carbocycles. The smallest absolute Gasteiger partial charge is 0.253 e. The summed E-state index contributed by atoms with van der Waals surface area (Å²) in [4.78, 5) is 34.4. The van der Waals surface area contributed by atoms with Crippen LogP contribution in [0.15, 0.2) is 60.5 Å². The van der Waals surface area contributed by atoms with Crippen molar-refractivity contribution in [3.8, 4) is 39.5 Å². The molecule has 7 rings (SSSR count). The van der Waals surface area contributed by atoms with Crippen LogP contribution in [0, 0.1) is 11.6 Å². The van der Waals surface area contributed by atoms with Crippen LogP contribution >= 0.6 is 11.3 Å². The Labute approximate surface area is 280 Å². The molecule has 3 aromatic heterocycles. The molecule has 1 atom stereocenters. The highest BCUT2D eigenvalue weighted by Gasteiger charge is 2.32. The Kier molecular flexibility index (Phi) is 8.30. The molecule has 48 heavy (non-hydrogen) atoms. The first-order chi connectivity index (χ1) is 23.2. The van der Waals surface area contributed by atoms with Gasteiger partial charge in [-0.15, -0.1) is 11.3 Å². The first kappa shape index (κ1) is 31.6. The first-order valence-electron chi connectivity index (χ1n) is 15.6. The van der Waals surface area contributed by atoms with Gasteiger partial charge in [0, 0.05) is 66.2 Å². The Morgan fingerprint density at radius 2 is 1.92 bits per heavy atom. The number of aromatic nitrogens is 3. The summed E-state index contributed by atoms with van der Waals surface area (Å²) in [6.45, 7) is 7.38. The van der Waals surface area contributed by atoms with E-state index in [0.717, 1.165) is 40.8 Å². The number of likely N-dealkylation sites (N-methyl/N-ethyl adjacent to an activating group) is 1. The van der Waals surface area contributed by atoms with Gasteiger partial charge in [-0.2, -0.15) is 5.10 Å². The molecular formula is C36H33F2N5O4S. The molecule has 0 saturated heterocycles. The summed E-state index contributed by atoms with van der Waals surface area (Å²) in [5.74, 6) is -1.82. The zero-order chi connectivity index (χ0) is 33.7. The predicted molar refractivity (Wildman–Crippen MR) is 180 cm³/mol. The fourth-order valence-electron chi connectivity index (χ4n) is 6.58. The van der Waals surface area contributed by atoms with E-state index in [1.54, 1.807) is 16.8 Å². The van der Waals surface area contributed by atoms with Crippen LogP contribution in [-0.2, 0) is 22.5 Å². The Morgan fingerprint density at radius 3 is 2.71 bits per heavy atom. The molecule has 2 aliphatic heterocycles. The van der Waals surface area contributed by atoms with E-state index in [1.807, 2.05) is 47.3 Å². The minimum atomic E-state index is -0.810. The lowest BCUT2D eigenvalue weighted by Crippen LogP contribution is -2.40. The van der Waals surface area contributed by atoms with Gasteiger partial charge in [0.2, 0.25) is 5.91 Å². The number of carbonyl (C=O) groups is 2. The van der Waals surface area contributed by atoms with Crippen molar-refractivity contribution in [1.82, 2.24) is 24.6 Å². The monoisotopic (exact) mass is 669 g/mol. The molecule has 2 aromatic carbocycles. The Bertz CT molecular complexity index is 2110. The van der Waals surface area contributed by atoms with Crippen LogP contribution in [0.3, 0.4) is 0 Å². The largest absolute Gasteiger partial charge is 0.490 e. The van der Waals surface area contributed by atoms with Gasteiger partial charge in [0.1, 0.15) is 35.4 Å². The molecule has 12 heteroatoms. The van der Waals surface area contributed by atoms with Crippen LogP contribution in [0.1, 0.15) is 34.6 Å². The highest BCUT2D eigenvalue weighted by atomic mass is 32.1. The van der Waals surface area contributed by atoms with E-state index in [-0.39, 0.29) is 42.4 Å². The number of carbonyl (C=O) groups excluding carboxylic acids is 2. The van der Waals surface area contributed by atoms with E-state index in [1.165, 1.54) is 24.5 Å². The number of rotatable bonds is 8. The van der Waals surface area contributed by atoms with Crippen molar-refractivity contribution < 1.29 is 27.8 Å². The number of ether oxygens (including phenoxy) is 2. The van der Waals surface area contributed by atoms with Crippen molar-refractivity contribution in [1.29, 1.82) is 0 Å². The van der Waals surface area contributed by atoms with Crippen molar-refractivity contribution in [3.05, 3.63) is 89.0 Å². The summed E-state index contributed by atoms with van der Waals surface area (Å²) in [5.41, 5.74) is 4.98. The number of benzene rings is 2. The normalized spacial score (nSPS) is 15.9. The summed E-state index contributed by atoms with van der Waals surface area (Å²) >= 11 is 1.39. The molecule has 0 bridgehead atoms. The fraction of sp³-hybridized carbons (Fsp3) is 0.278.